The summed E-state index contributed by atoms with van der Waals surface area (Å²) >= 11 is 0. The van der Waals surface area contributed by atoms with Crippen LogP contribution in [-0.4, -0.2) is 26.3 Å². The molecule has 0 bridgehead atoms. The Labute approximate surface area is 133 Å². The van der Waals surface area contributed by atoms with E-state index in [1.54, 1.807) is 10.9 Å². The standard InChI is InChI=1S/C16H16N6O/c1-2-3-10-16(20-21-16)11-9-14(23)18-15-19-17-12-22(15)13-7-5-4-6-8-13/h1,4-8,12H,3,9-11H2,(H,18,19,23). The molecule has 7 nitrogen and oxygen atoms in total. The molecule has 3 rings (SSSR count). The van der Waals surface area contributed by atoms with Crippen LogP contribution in [0.5, 0.6) is 0 Å². The van der Waals surface area contributed by atoms with Crippen molar-refractivity contribution < 1.29 is 4.79 Å². The zero-order chi connectivity index (χ0) is 16.1. The summed E-state index contributed by atoms with van der Waals surface area (Å²) in [6.45, 7) is 0. The number of nitrogens with zero attached hydrogens (tertiary/aromatic N) is 5. The van der Waals surface area contributed by atoms with Crippen LogP contribution in [0, 0.1) is 12.3 Å². The number of hydrogen-bond donors (Lipinski definition) is 1. The molecule has 1 aromatic carbocycles. The number of nitrogens with one attached hydrogen (secondary N) is 1. The van der Waals surface area contributed by atoms with E-state index < -0.39 is 5.66 Å². The summed E-state index contributed by atoms with van der Waals surface area (Å²) < 4.78 is 1.72. The van der Waals surface area contributed by atoms with Crippen molar-refractivity contribution in [2.75, 3.05) is 5.32 Å². The number of terminal acetylenes is 1. The second-order valence-electron chi connectivity index (χ2n) is 5.29. The van der Waals surface area contributed by atoms with Crippen LogP contribution < -0.4 is 5.32 Å². The second-order valence-corrected chi connectivity index (χ2v) is 5.29. The van der Waals surface area contributed by atoms with Crippen LogP contribution in [0.2, 0.25) is 0 Å². The zero-order valence-corrected chi connectivity index (χ0v) is 12.5. The Hall–Kier alpha value is -3.01. The number of anilines is 1. The van der Waals surface area contributed by atoms with Gasteiger partial charge in [0.05, 0.1) is 5.69 Å². The Balaban J connectivity index is 1.57. The zero-order valence-electron chi connectivity index (χ0n) is 12.5. The van der Waals surface area contributed by atoms with Gasteiger partial charge in [0.2, 0.25) is 11.9 Å². The summed E-state index contributed by atoms with van der Waals surface area (Å²) in [5.74, 6) is 2.82. The fraction of sp³-hybridized carbons (Fsp3) is 0.312. The van der Waals surface area contributed by atoms with Crippen LogP contribution in [0.25, 0.3) is 5.69 Å². The van der Waals surface area contributed by atoms with Gasteiger partial charge in [-0.05, 0) is 12.1 Å². The van der Waals surface area contributed by atoms with Crippen molar-refractivity contribution in [3.05, 3.63) is 36.7 Å². The molecule has 0 saturated heterocycles. The maximum atomic E-state index is 12.1. The van der Waals surface area contributed by atoms with Gasteiger partial charge >= 0.3 is 0 Å². The largest absolute Gasteiger partial charge is 0.294 e. The predicted molar refractivity (Wildman–Crippen MR) is 84.9 cm³/mol. The highest BCUT2D eigenvalue weighted by molar-refractivity contribution is 5.89. The first kappa shape index (κ1) is 14.9. The predicted octanol–water partition coefficient (Wildman–Crippen LogP) is 2.56. The third-order valence-corrected chi connectivity index (χ3v) is 3.64. The molecule has 1 amide bonds. The van der Waals surface area contributed by atoms with Crippen LogP contribution in [0.3, 0.4) is 0 Å². The highest BCUT2D eigenvalue weighted by Crippen LogP contribution is 2.37. The lowest BCUT2D eigenvalue weighted by atomic mass is 10.0. The average molecular weight is 308 g/mol. The van der Waals surface area contributed by atoms with Crippen LogP contribution in [0.1, 0.15) is 25.7 Å². The van der Waals surface area contributed by atoms with Crippen molar-refractivity contribution in [2.24, 2.45) is 10.2 Å². The molecule has 1 aliphatic heterocycles. The van der Waals surface area contributed by atoms with E-state index >= 15 is 0 Å². The van der Waals surface area contributed by atoms with E-state index in [1.807, 2.05) is 30.3 Å². The third kappa shape index (κ3) is 3.61. The molecule has 1 N–H and O–H groups in total. The van der Waals surface area contributed by atoms with Crippen molar-refractivity contribution in [2.45, 2.75) is 31.3 Å². The van der Waals surface area contributed by atoms with Gasteiger partial charge < -0.3 is 0 Å². The lowest BCUT2D eigenvalue weighted by molar-refractivity contribution is -0.116. The Morgan fingerprint density at radius 2 is 2.04 bits per heavy atom. The van der Waals surface area contributed by atoms with Crippen molar-refractivity contribution in [3.63, 3.8) is 0 Å². The van der Waals surface area contributed by atoms with Crippen molar-refractivity contribution in [1.29, 1.82) is 0 Å². The maximum Gasteiger partial charge on any atom is 0.235 e. The van der Waals surface area contributed by atoms with Gasteiger partial charge in [-0.25, -0.2) is 0 Å². The molecule has 23 heavy (non-hydrogen) atoms. The van der Waals surface area contributed by atoms with E-state index in [0.717, 1.165) is 5.69 Å². The maximum absolute atomic E-state index is 12.1. The van der Waals surface area contributed by atoms with Crippen molar-refractivity contribution >= 4 is 11.9 Å². The lowest BCUT2D eigenvalue weighted by Crippen LogP contribution is -2.19. The topological polar surface area (TPSA) is 84.5 Å². The molecule has 1 aromatic heterocycles. The van der Waals surface area contributed by atoms with E-state index in [9.17, 15) is 4.79 Å². The molecule has 2 heterocycles. The summed E-state index contributed by atoms with van der Waals surface area (Å²) in [5.41, 5.74) is 0.432. The smallest absolute Gasteiger partial charge is 0.235 e. The van der Waals surface area contributed by atoms with Gasteiger partial charge in [0, 0.05) is 25.7 Å². The fourth-order valence-electron chi connectivity index (χ4n) is 2.27. The number of para-hydroxylation sites is 1. The SMILES string of the molecule is C#CCCC1(CCC(=O)Nc2nncn2-c2ccccc2)N=N1. The average Bonchev–Trinajstić information content (AvgIpc) is 3.21. The molecule has 1 aliphatic rings. The Morgan fingerprint density at radius 1 is 1.26 bits per heavy atom. The molecular formula is C16H16N6O. The van der Waals surface area contributed by atoms with Gasteiger partial charge in [0.15, 0.2) is 5.66 Å². The highest BCUT2D eigenvalue weighted by atomic mass is 16.1. The van der Waals surface area contributed by atoms with Gasteiger partial charge in [0.25, 0.3) is 0 Å². The van der Waals surface area contributed by atoms with Crippen molar-refractivity contribution in [3.8, 4) is 18.0 Å². The summed E-state index contributed by atoms with van der Waals surface area (Å²) in [7, 11) is 0. The molecule has 2 aromatic rings. The molecule has 0 saturated carbocycles. The van der Waals surface area contributed by atoms with E-state index in [4.69, 9.17) is 6.42 Å². The first-order valence-corrected chi connectivity index (χ1v) is 7.35. The Kier molecular flexibility index (Phi) is 4.15. The normalized spacial score (nSPS) is 14.2. The van der Waals surface area contributed by atoms with Crippen molar-refractivity contribution in [1.82, 2.24) is 14.8 Å². The molecule has 0 aliphatic carbocycles. The first-order valence-electron chi connectivity index (χ1n) is 7.35. The molecule has 7 heteroatoms. The Morgan fingerprint density at radius 3 is 2.74 bits per heavy atom. The molecule has 0 radical (unpaired) electrons. The van der Waals surface area contributed by atoms with Crippen LogP contribution in [0.15, 0.2) is 46.9 Å². The van der Waals surface area contributed by atoms with Crippen LogP contribution >= 0.6 is 0 Å². The van der Waals surface area contributed by atoms with Gasteiger partial charge in [0.1, 0.15) is 6.33 Å². The molecule has 0 spiro atoms. The molecular weight excluding hydrogens is 292 g/mol. The minimum Gasteiger partial charge on any atom is -0.294 e. The number of amides is 1. The number of hydrogen-bond acceptors (Lipinski definition) is 5. The third-order valence-electron chi connectivity index (χ3n) is 3.64. The van der Waals surface area contributed by atoms with E-state index in [2.05, 4.69) is 31.7 Å². The summed E-state index contributed by atoms with van der Waals surface area (Å²) in [6, 6.07) is 9.56. The number of benzene rings is 1. The van der Waals surface area contributed by atoms with E-state index in [0.29, 0.717) is 31.6 Å². The number of carbonyl (C=O) groups excluding carboxylic acids is 1. The number of rotatable bonds is 7. The van der Waals surface area contributed by atoms with Gasteiger partial charge in [-0.15, -0.1) is 22.5 Å². The fourth-order valence-corrected chi connectivity index (χ4v) is 2.27. The van der Waals surface area contributed by atoms with E-state index in [-0.39, 0.29) is 5.91 Å². The van der Waals surface area contributed by atoms with Gasteiger partial charge in [-0.1, -0.05) is 18.2 Å². The molecule has 0 atom stereocenters. The molecule has 116 valence electrons. The minimum atomic E-state index is -0.448. The summed E-state index contributed by atoms with van der Waals surface area (Å²) in [6.07, 6.45) is 8.97. The minimum absolute atomic E-state index is 0.146. The lowest BCUT2D eigenvalue weighted by Gasteiger charge is -2.10. The quantitative estimate of drug-likeness (QED) is 0.798. The monoisotopic (exact) mass is 308 g/mol. The molecule has 0 unspecified atom stereocenters. The highest BCUT2D eigenvalue weighted by Gasteiger charge is 2.39. The van der Waals surface area contributed by atoms with Gasteiger partial charge in [-0.3, -0.25) is 14.7 Å². The number of carbonyl (C=O) groups is 1. The van der Waals surface area contributed by atoms with Crippen LogP contribution in [0.4, 0.5) is 5.95 Å². The summed E-state index contributed by atoms with van der Waals surface area (Å²) in [5, 5.41) is 18.6. The van der Waals surface area contributed by atoms with E-state index in [1.165, 1.54) is 0 Å². The molecule has 0 fully saturated rings. The Bertz CT molecular complexity index is 752. The first-order chi connectivity index (χ1) is 11.2. The van der Waals surface area contributed by atoms with Gasteiger partial charge in [-0.2, -0.15) is 10.2 Å². The second kappa shape index (κ2) is 6.40. The van der Waals surface area contributed by atoms with Crippen LogP contribution in [-0.2, 0) is 4.79 Å². The summed E-state index contributed by atoms with van der Waals surface area (Å²) in [4.78, 5) is 12.1. The number of aromatic nitrogens is 3.